The van der Waals surface area contributed by atoms with Crippen LogP contribution in [-0.4, -0.2) is 30.6 Å². The molecule has 0 aliphatic carbocycles. The van der Waals surface area contributed by atoms with Crippen molar-refractivity contribution >= 4 is 32.8 Å². The summed E-state index contributed by atoms with van der Waals surface area (Å²) in [5, 5.41) is 24.9. The second-order valence-corrected chi connectivity index (χ2v) is 7.99. The number of nitro groups is 2. The number of nitrogens with zero attached hydrogens (tertiary/aromatic N) is 3. The minimum absolute atomic E-state index is 0.116. The lowest BCUT2D eigenvalue weighted by atomic mass is 10.2. The Labute approximate surface area is 154 Å². The van der Waals surface area contributed by atoms with E-state index in [0.717, 1.165) is 11.6 Å². The summed E-state index contributed by atoms with van der Waals surface area (Å²) in [4.78, 5) is 20.6. The number of nitro benzene ring substituents is 2. The highest BCUT2D eigenvalue weighted by molar-refractivity contribution is 7.93. The van der Waals surface area contributed by atoms with Crippen LogP contribution in [0.25, 0.3) is 0 Å². The lowest BCUT2D eigenvalue weighted by molar-refractivity contribution is -0.393. The fourth-order valence-corrected chi connectivity index (χ4v) is 4.44. The zero-order chi connectivity index (χ0) is 19.6. The third-order valence-electron chi connectivity index (χ3n) is 4.17. The number of rotatable bonds is 6. The predicted molar refractivity (Wildman–Crippen MR) is 99.3 cm³/mol. The Kier molecular flexibility index (Phi) is 4.95. The van der Waals surface area contributed by atoms with E-state index in [1.165, 1.54) is 16.4 Å². The molecule has 2 aromatic rings. The number of non-ortho nitro benzene ring substituents is 1. The number of hydrogen-bond donors (Lipinski definition) is 1. The summed E-state index contributed by atoms with van der Waals surface area (Å²) in [7, 11) is -3.30. The van der Waals surface area contributed by atoms with Gasteiger partial charge in [-0.05, 0) is 30.2 Å². The maximum Gasteiger partial charge on any atom is 0.299 e. The third-order valence-corrected chi connectivity index (χ3v) is 6.04. The van der Waals surface area contributed by atoms with Crippen molar-refractivity contribution in [2.45, 2.75) is 13.0 Å². The molecule has 0 radical (unpaired) electrons. The Morgan fingerprint density at radius 2 is 1.85 bits per heavy atom. The van der Waals surface area contributed by atoms with Crippen molar-refractivity contribution in [3.05, 3.63) is 68.3 Å². The Hall–Kier alpha value is -3.21. The van der Waals surface area contributed by atoms with Gasteiger partial charge in [0.25, 0.3) is 11.4 Å². The van der Waals surface area contributed by atoms with Crippen LogP contribution in [0.2, 0.25) is 0 Å². The maximum absolute atomic E-state index is 12.0. The highest BCUT2D eigenvalue weighted by Gasteiger charge is 2.28. The normalized spacial score (nSPS) is 15.5. The summed E-state index contributed by atoms with van der Waals surface area (Å²) in [6.45, 7) is 0.618. The van der Waals surface area contributed by atoms with Gasteiger partial charge in [0, 0.05) is 19.2 Å². The highest BCUT2D eigenvalue weighted by Crippen LogP contribution is 2.30. The van der Waals surface area contributed by atoms with Crippen molar-refractivity contribution in [1.29, 1.82) is 0 Å². The molecule has 3 rings (SSSR count). The first-order chi connectivity index (χ1) is 12.8. The van der Waals surface area contributed by atoms with E-state index >= 15 is 0 Å². The smallest absolute Gasteiger partial charge is 0.299 e. The van der Waals surface area contributed by atoms with Crippen molar-refractivity contribution in [2.24, 2.45) is 0 Å². The summed E-state index contributed by atoms with van der Waals surface area (Å²) < 4.78 is 25.4. The third kappa shape index (κ3) is 3.97. The van der Waals surface area contributed by atoms with Crippen LogP contribution >= 0.6 is 0 Å². The molecule has 27 heavy (non-hydrogen) atoms. The zero-order valence-electron chi connectivity index (χ0n) is 14.1. The monoisotopic (exact) mass is 392 g/mol. The van der Waals surface area contributed by atoms with Gasteiger partial charge in [-0.15, -0.1) is 0 Å². The van der Waals surface area contributed by atoms with Gasteiger partial charge in [-0.2, -0.15) is 0 Å². The van der Waals surface area contributed by atoms with Gasteiger partial charge < -0.3 is 5.32 Å². The fourth-order valence-electron chi connectivity index (χ4n) is 2.88. The first kappa shape index (κ1) is 18.6. The van der Waals surface area contributed by atoms with Gasteiger partial charge in [-0.1, -0.05) is 12.1 Å². The maximum atomic E-state index is 12.0. The van der Waals surface area contributed by atoms with E-state index < -0.39 is 25.6 Å². The molecule has 1 fully saturated rings. The summed E-state index contributed by atoms with van der Waals surface area (Å²) in [5.74, 6) is 0.116. The first-order valence-electron chi connectivity index (χ1n) is 8.04. The van der Waals surface area contributed by atoms with Crippen LogP contribution in [-0.2, 0) is 16.6 Å². The average molecular weight is 392 g/mol. The topological polar surface area (TPSA) is 136 Å². The molecule has 0 spiro atoms. The van der Waals surface area contributed by atoms with Crippen molar-refractivity contribution in [3.63, 3.8) is 0 Å². The van der Waals surface area contributed by atoms with E-state index in [1.54, 1.807) is 24.3 Å². The molecule has 1 aliphatic rings. The van der Waals surface area contributed by atoms with Crippen LogP contribution < -0.4 is 9.62 Å². The first-order valence-corrected chi connectivity index (χ1v) is 9.65. The Balaban J connectivity index is 1.80. The van der Waals surface area contributed by atoms with Gasteiger partial charge in [-0.3, -0.25) is 24.5 Å². The van der Waals surface area contributed by atoms with Gasteiger partial charge in [-0.25, -0.2) is 8.42 Å². The standard InChI is InChI=1S/C16H16N4O6S/c21-19(22)14-5-6-15(16(10-14)20(23)24)17-11-12-3-1-4-13(9-12)18-7-2-8-27(18,25)26/h1,3-6,9-10,17H,2,7-8,11H2. The minimum atomic E-state index is -3.30. The van der Waals surface area contributed by atoms with Gasteiger partial charge in [0.2, 0.25) is 10.0 Å². The molecular formula is C16H16N4O6S. The lowest BCUT2D eigenvalue weighted by Gasteiger charge is -2.18. The predicted octanol–water partition coefficient (Wildman–Crippen LogP) is 2.66. The van der Waals surface area contributed by atoms with Gasteiger partial charge in [0.15, 0.2) is 0 Å². The lowest BCUT2D eigenvalue weighted by Crippen LogP contribution is -2.25. The average Bonchev–Trinajstić information content (AvgIpc) is 2.99. The van der Waals surface area contributed by atoms with E-state index in [0.29, 0.717) is 18.7 Å². The summed E-state index contributed by atoms with van der Waals surface area (Å²) in [5.41, 5.74) is 0.646. The van der Waals surface area contributed by atoms with E-state index in [-0.39, 0.29) is 23.7 Å². The van der Waals surface area contributed by atoms with Gasteiger partial charge >= 0.3 is 0 Å². The van der Waals surface area contributed by atoms with E-state index in [9.17, 15) is 28.6 Å². The van der Waals surface area contributed by atoms with E-state index in [2.05, 4.69) is 5.32 Å². The molecule has 1 aliphatic heterocycles. The largest absolute Gasteiger partial charge is 0.375 e. The molecule has 1 N–H and O–H groups in total. The van der Waals surface area contributed by atoms with Crippen LogP contribution in [0.5, 0.6) is 0 Å². The van der Waals surface area contributed by atoms with Crippen molar-refractivity contribution in [2.75, 3.05) is 21.9 Å². The second kappa shape index (κ2) is 7.19. The molecule has 10 nitrogen and oxygen atoms in total. The molecule has 142 valence electrons. The fraction of sp³-hybridized carbons (Fsp3) is 0.250. The Morgan fingerprint density at radius 3 is 2.48 bits per heavy atom. The quantitative estimate of drug-likeness (QED) is 0.589. The number of benzene rings is 2. The molecular weight excluding hydrogens is 376 g/mol. The molecule has 0 atom stereocenters. The van der Waals surface area contributed by atoms with Crippen molar-refractivity contribution < 1.29 is 18.3 Å². The molecule has 0 aromatic heterocycles. The highest BCUT2D eigenvalue weighted by atomic mass is 32.2. The van der Waals surface area contributed by atoms with Crippen LogP contribution in [0, 0.1) is 20.2 Å². The molecule has 0 bridgehead atoms. The molecule has 1 saturated heterocycles. The summed E-state index contributed by atoms with van der Waals surface area (Å²) in [6.07, 6.45) is 0.569. The molecule has 11 heteroatoms. The van der Waals surface area contributed by atoms with Gasteiger partial charge in [0.1, 0.15) is 5.69 Å². The van der Waals surface area contributed by atoms with Crippen LogP contribution in [0.1, 0.15) is 12.0 Å². The van der Waals surface area contributed by atoms with Crippen LogP contribution in [0.15, 0.2) is 42.5 Å². The molecule has 0 saturated carbocycles. The van der Waals surface area contributed by atoms with E-state index in [1.807, 2.05) is 0 Å². The van der Waals surface area contributed by atoms with Crippen LogP contribution in [0.4, 0.5) is 22.7 Å². The number of nitrogens with one attached hydrogen (secondary N) is 1. The molecule has 0 unspecified atom stereocenters. The van der Waals surface area contributed by atoms with Crippen molar-refractivity contribution in [3.8, 4) is 0 Å². The minimum Gasteiger partial charge on any atom is -0.375 e. The second-order valence-electron chi connectivity index (χ2n) is 5.98. The number of anilines is 2. The van der Waals surface area contributed by atoms with Gasteiger partial charge in [0.05, 0.1) is 27.4 Å². The Bertz CT molecular complexity index is 1010. The zero-order valence-corrected chi connectivity index (χ0v) is 14.9. The summed E-state index contributed by atoms with van der Waals surface area (Å²) in [6, 6.07) is 10.2. The Morgan fingerprint density at radius 1 is 1.07 bits per heavy atom. The molecule has 1 heterocycles. The molecule has 0 amide bonds. The summed E-state index contributed by atoms with van der Waals surface area (Å²) >= 11 is 0. The van der Waals surface area contributed by atoms with Crippen LogP contribution in [0.3, 0.4) is 0 Å². The van der Waals surface area contributed by atoms with E-state index in [4.69, 9.17) is 0 Å². The SMILES string of the molecule is O=[N+]([O-])c1ccc(NCc2cccc(N3CCCS3(=O)=O)c2)c([N+](=O)[O-])c1. The van der Waals surface area contributed by atoms with Crippen molar-refractivity contribution in [1.82, 2.24) is 0 Å². The molecule has 2 aromatic carbocycles. The number of sulfonamides is 1. The number of hydrogen-bond acceptors (Lipinski definition) is 7.